The van der Waals surface area contributed by atoms with E-state index in [1.807, 2.05) is 0 Å². The van der Waals surface area contributed by atoms with E-state index in [1.165, 1.54) is 0 Å². The van der Waals surface area contributed by atoms with Gasteiger partial charge >= 0.3 is 0 Å². The highest BCUT2D eigenvalue weighted by atomic mass is 79.9. The van der Waals surface area contributed by atoms with Gasteiger partial charge in [0, 0.05) is 16.7 Å². The lowest BCUT2D eigenvalue weighted by molar-refractivity contribution is 0.00525. The number of nitrogen functional groups attached to an aromatic ring is 1. The van der Waals surface area contributed by atoms with Gasteiger partial charge in [-0.1, -0.05) is 19.3 Å². The Bertz CT molecular complexity index is 471. The molecule has 0 bridgehead atoms. The molecule has 4 nitrogen and oxygen atoms in total. The molecule has 0 unspecified atom stereocenters. The first-order chi connectivity index (χ1) is 9.00. The number of anilines is 1. The molecular formula is C14H19BrN2O2. The van der Waals surface area contributed by atoms with Gasteiger partial charge in [0.1, 0.15) is 0 Å². The highest BCUT2D eigenvalue weighted by Gasteiger charge is 2.29. The monoisotopic (exact) mass is 326 g/mol. The van der Waals surface area contributed by atoms with Crippen LogP contribution in [0.2, 0.25) is 0 Å². The molecule has 0 aromatic heterocycles. The Kier molecular flexibility index (Phi) is 4.47. The third kappa shape index (κ3) is 3.70. The SMILES string of the molecule is Nc1ccc(Br)c(C(=O)NCC2(O)CCCCC2)c1. The molecule has 1 aliphatic rings. The lowest BCUT2D eigenvalue weighted by atomic mass is 9.85. The molecule has 0 radical (unpaired) electrons. The number of halogens is 1. The second-order valence-corrected chi connectivity index (χ2v) is 6.06. The Balaban J connectivity index is 1.99. The van der Waals surface area contributed by atoms with Crippen LogP contribution in [0, 0.1) is 0 Å². The smallest absolute Gasteiger partial charge is 0.252 e. The summed E-state index contributed by atoms with van der Waals surface area (Å²) in [7, 11) is 0. The molecule has 5 heteroatoms. The normalized spacial score (nSPS) is 18.0. The van der Waals surface area contributed by atoms with Gasteiger partial charge < -0.3 is 16.2 Å². The Hall–Kier alpha value is -1.07. The van der Waals surface area contributed by atoms with Crippen molar-refractivity contribution in [2.24, 2.45) is 0 Å². The summed E-state index contributed by atoms with van der Waals surface area (Å²) in [5.41, 5.74) is 5.98. The Morgan fingerprint density at radius 2 is 2.05 bits per heavy atom. The van der Waals surface area contributed by atoms with Crippen molar-refractivity contribution in [2.45, 2.75) is 37.7 Å². The summed E-state index contributed by atoms with van der Waals surface area (Å²) in [6.45, 7) is 0.299. The summed E-state index contributed by atoms with van der Waals surface area (Å²) >= 11 is 3.33. The zero-order valence-electron chi connectivity index (χ0n) is 10.8. The maximum Gasteiger partial charge on any atom is 0.252 e. The Morgan fingerprint density at radius 3 is 2.74 bits per heavy atom. The van der Waals surface area contributed by atoms with Crippen LogP contribution < -0.4 is 11.1 Å². The van der Waals surface area contributed by atoms with Crippen LogP contribution in [0.4, 0.5) is 5.69 Å². The second-order valence-electron chi connectivity index (χ2n) is 5.21. The third-order valence-corrected chi connectivity index (χ3v) is 4.29. The molecule has 1 aromatic rings. The molecule has 0 aliphatic heterocycles. The molecule has 1 aromatic carbocycles. The molecule has 0 saturated heterocycles. The number of nitrogens with two attached hydrogens (primary N) is 1. The molecule has 104 valence electrons. The van der Waals surface area contributed by atoms with Gasteiger partial charge in [0.2, 0.25) is 0 Å². The van der Waals surface area contributed by atoms with Crippen LogP contribution in [0.1, 0.15) is 42.5 Å². The molecule has 1 aliphatic carbocycles. The number of nitrogens with one attached hydrogen (secondary N) is 1. The van der Waals surface area contributed by atoms with Crippen molar-refractivity contribution in [3.63, 3.8) is 0 Å². The third-order valence-electron chi connectivity index (χ3n) is 3.60. The molecule has 19 heavy (non-hydrogen) atoms. The van der Waals surface area contributed by atoms with E-state index in [0.717, 1.165) is 32.1 Å². The molecular weight excluding hydrogens is 308 g/mol. The molecule has 4 N–H and O–H groups in total. The van der Waals surface area contributed by atoms with Crippen LogP contribution in [0.3, 0.4) is 0 Å². The molecule has 2 rings (SSSR count). The van der Waals surface area contributed by atoms with Gasteiger partial charge in [0.15, 0.2) is 0 Å². The van der Waals surface area contributed by atoms with Crippen LogP contribution in [0.15, 0.2) is 22.7 Å². The lowest BCUT2D eigenvalue weighted by Crippen LogP contribution is -2.44. The van der Waals surface area contributed by atoms with E-state index in [9.17, 15) is 9.90 Å². The fourth-order valence-electron chi connectivity index (χ4n) is 2.44. The molecule has 1 amide bonds. The van der Waals surface area contributed by atoms with Crippen molar-refractivity contribution < 1.29 is 9.90 Å². The summed E-state index contributed by atoms with van der Waals surface area (Å²) in [5.74, 6) is -0.210. The van der Waals surface area contributed by atoms with Gasteiger partial charge in [-0.3, -0.25) is 4.79 Å². The number of hydrogen-bond donors (Lipinski definition) is 3. The van der Waals surface area contributed by atoms with Gasteiger partial charge in [-0.2, -0.15) is 0 Å². The Morgan fingerprint density at radius 1 is 1.37 bits per heavy atom. The van der Waals surface area contributed by atoms with Gasteiger partial charge in [-0.15, -0.1) is 0 Å². The van der Waals surface area contributed by atoms with Gasteiger partial charge in [0.25, 0.3) is 5.91 Å². The van der Waals surface area contributed by atoms with Crippen molar-refractivity contribution in [2.75, 3.05) is 12.3 Å². The standard InChI is InChI=1S/C14H19BrN2O2/c15-12-5-4-10(16)8-11(12)13(18)17-9-14(19)6-2-1-3-7-14/h4-5,8,19H,1-3,6-7,9,16H2,(H,17,18). The molecule has 1 saturated carbocycles. The summed E-state index contributed by atoms with van der Waals surface area (Å²) < 4.78 is 0.704. The van der Waals surface area contributed by atoms with Crippen LogP contribution in [-0.4, -0.2) is 23.2 Å². The van der Waals surface area contributed by atoms with E-state index < -0.39 is 5.60 Å². The van der Waals surface area contributed by atoms with Crippen molar-refractivity contribution in [3.05, 3.63) is 28.2 Å². The maximum absolute atomic E-state index is 12.1. The minimum atomic E-state index is -0.749. The predicted octanol–water partition coefficient (Wildman–Crippen LogP) is 2.46. The van der Waals surface area contributed by atoms with E-state index >= 15 is 0 Å². The maximum atomic E-state index is 12.1. The van der Waals surface area contributed by atoms with Crippen molar-refractivity contribution in [3.8, 4) is 0 Å². The van der Waals surface area contributed by atoms with Gasteiger partial charge in [0.05, 0.1) is 11.2 Å². The topological polar surface area (TPSA) is 75.4 Å². The summed E-state index contributed by atoms with van der Waals surface area (Å²) in [6.07, 6.45) is 4.72. The van der Waals surface area contributed by atoms with Crippen molar-refractivity contribution in [1.82, 2.24) is 5.32 Å². The minimum Gasteiger partial charge on any atom is -0.399 e. The average molecular weight is 327 g/mol. The zero-order valence-corrected chi connectivity index (χ0v) is 12.4. The number of carbonyl (C=O) groups is 1. The fraction of sp³-hybridized carbons (Fsp3) is 0.500. The number of hydrogen-bond acceptors (Lipinski definition) is 3. The first kappa shape index (κ1) is 14.3. The number of aliphatic hydroxyl groups is 1. The van der Waals surface area contributed by atoms with Crippen molar-refractivity contribution in [1.29, 1.82) is 0 Å². The second kappa shape index (κ2) is 5.92. The van der Waals surface area contributed by atoms with Crippen LogP contribution in [0.5, 0.6) is 0 Å². The molecule has 0 heterocycles. The molecule has 0 atom stereocenters. The number of rotatable bonds is 3. The van der Waals surface area contributed by atoms with E-state index in [2.05, 4.69) is 21.2 Å². The molecule has 0 spiro atoms. The lowest BCUT2D eigenvalue weighted by Gasteiger charge is -2.32. The van der Waals surface area contributed by atoms with Crippen LogP contribution in [-0.2, 0) is 0 Å². The van der Waals surface area contributed by atoms with E-state index in [1.54, 1.807) is 18.2 Å². The van der Waals surface area contributed by atoms with Crippen molar-refractivity contribution >= 4 is 27.5 Å². The predicted molar refractivity (Wildman–Crippen MR) is 78.9 cm³/mol. The fourth-order valence-corrected chi connectivity index (χ4v) is 2.87. The van der Waals surface area contributed by atoms with E-state index in [4.69, 9.17) is 5.73 Å². The van der Waals surface area contributed by atoms with Crippen LogP contribution >= 0.6 is 15.9 Å². The summed E-state index contributed by atoms with van der Waals surface area (Å²) in [5, 5.41) is 13.1. The molecule has 1 fully saturated rings. The highest BCUT2D eigenvalue weighted by Crippen LogP contribution is 2.27. The minimum absolute atomic E-state index is 0.210. The quantitative estimate of drug-likeness (QED) is 0.747. The Labute approximate surface area is 121 Å². The van der Waals surface area contributed by atoms with Gasteiger partial charge in [-0.05, 0) is 47.0 Å². The zero-order chi connectivity index (χ0) is 13.9. The number of benzene rings is 1. The average Bonchev–Trinajstić information content (AvgIpc) is 2.40. The van der Waals surface area contributed by atoms with Crippen LogP contribution in [0.25, 0.3) is 0 Å². The van der Waals surface area contributed by atoms with E-state index in [-0.39, 0.29) is 5.91 Å². The first-order valence-electron chi connectivity index (χ1n) is 6.56. The first-order valence-corrected chi connectivity index (χ1v) is 7.35. The summed E-state index contributed by atoms with van der Waals surface area (Å²) in [6, 6.07) is 5.11. The van der Waals surface area contributed by atoms with Gasteiger partial charge in [-0.25, -0.2) is 0 Å². The highest BCUT2D eigenvalue weighted by molar-refractivity contribution is 9.10. The summed E-state index contributed by atoms with van der Waals surface area (Å²) in [4.78, 5) is 12.1. The number of carbonyl (C=O) groups excluding carboxylic acids is 1. The largest absolute Gasteiger partial charge is 0.399 e. The van der Waals surface area contributed by atoms with E-state index in [0.29, 0.717) is 22.3 Å². The number of amides is 1.